The Bertz CT molecular complexity index is 905. The van der Waals surface area contributed by atoms with Crippen LogP contribution >= 0.6 is 0 Å². The molecular weight excluding hydrogens is 364 g/mol. The monoisotopic (exact) mass is 392 g/mol. The fraction of sp³-hybridized carbons (Fsp3) is 0.348. The van der Waals surface area contributed by atoms with Crippen molar-refractivity contribution in [3.63, 3.8) is 0 Å². The van der Waals surface area contributed by atoms with E-state index in [1.165, 1.54) is 5.56 Å². The van der Waals surface area contributed by atoms with Crippen LogP contribution in [-0.2, 0) is 5.54 Å². The van der Waals surface area contributed by atoms with Gasteiger partial charge >= 0.3 is 0 Å². The van der Waals surface area contributed by atoms with Crippen LogP contribution in [0.2, 0.25) is 0 Å². The fourth-order valence-electron chi connectivity index (χ4n) is 3.18. The van der Waals surface area contributed by atoms with Gasteiger partial charge in [-0.25, -0.2) is 0 Å². The van der Waals surface area contributed by atoms with Crippen molar-refractivity contribution in [1.82, 2.24) is 15.7 Å². The molecule has 0 bridgehead atoms. The van der Waals surface area contributed by atoms with E-state index in [2.05, 4.69) is 34.8 Å². The van der Waals surface area contributed by atoms with E-state index >= 15 is 0 Å². The van der Waals surface area contributed by atoms with Gasteiger partial charge in [-0.05, 0) is 68.8 Å². The first-order chi connectivity index (χ1) is 13.9. The van der Waals surface area contributed by atoms with E-state index in [1.807, 2.05) is 31.2 Å². The summed E-state index contributed by atoms with van der Waals surface area (Å²) >= 11 is 0. The summed E-state index contributed by atoms with van der Waals surface area (Å²) in [6, 6.07) is 15.1. The number of carbonyl (C=O) groups excluding carboxylic acids is 1. The third kappa shape index (κ3) is 4.84. The van der Waals surface area contributed by atoms with Crippen molar-refractivity contribution in [1.29, 1.82) is 0 Å². The Hall–Kier alpha value is -2.69. The highest BCUT2D eigenvalue weighted by Crippen LogP contribution is 2.42. The highest BCUT2D eigenvalue weighted by Gasteiger charge is 2.39. The predicted octanol–water partition coefficient (Wildman–Crippen LogP) is 2.02. The summed E-state index contributed by atoms with van der Waals surface area (Å²) in [5.41, 5.74) is 11.8. The Labute approximate surface area is 172 Å². The summed E-state index contributed by atoms with van der Waals surface area (Å²) < 4.78 is 0. The molecule has 0 aliphatic heterocycles. The van der Waals surface area contributed by atoms with Gasteiger partial charge in [0, 0.05) is 29.3 Å². The van der Waals surface area contributed by atoms with Crippen LogP contribution in [0, 0.1) is 11.8 Å². The van der Waals surface area contributed by atoms with E-state index in [0.29, 0.717) is 5.56 Å². The molecule has 2 unspecified atom stereocenters. The van der Waals surface area contributed by atoms with E-state index in [9.17, 15) is 10.0 Å². The second-order valence-corrected chi connectivity index (χ2v) is 7.61. The molecule has 1 aliphatic rings. The minimum Gasteiger partial charge on any atom is -0.336 e. The number of rotatable bonds is 6. The smallest absolute Gasteiger partial charge is 0.253 e. The number of hydrogen-bond donors (Lipinski definition) is 4. The Morgan fingerprint density at radius 2 is 1.62 bits per heavy atom. The van der Waals surface area contributed by atoms with Crippen molar-refractivity contribution < 1.29 is 10.0 Å². The van der Waals surface area contributed by atoms with E-state index < -0.39 is 6.17 Å². The standard InChI is InChI=1S/C23H28N4O2/c1-16(21(25-2)26-29)27(3)22(28)19-10-6-17(7-11-19)4-5-18-8-12-20(13-9-18)23(24)14-15-23/h6-13,16,21,25-26,29H,14-15,24H2,1-3H3. The van der Waals surface area contributed by atoms with Crippen LogP contribution in [0.25, 0.3) is 0 Å². The lowest BCUT2D eigenvalue weighted by Gasteiger charge is -2.30. The number of nitrogens with zero attached hydrogens (tertiary/aromatic N) is 1. The summed E-state index contributed by atoms with van der Waals surface area (Å²) in [5, 5.41) is 12.1. The normalized spacial score (nSPS) is 16.3. The van der Waals surface area contributed by atoms with Crippen LogP contribution in [0.4, 0.5) is 0 Å². The second kappa shape index (κ2) is 8.76. The number of nitrogens with two attached hydrogens (primary N) is 1. The van der Waals surface area contributed by atoms with Gasteiger partial charge in [0.05, 0.1) is 6.04 Å². The zero-order valence-electron chi connectivity index (χ0n) is 17.1. The van der Waals surface area contributed by atoms with E-state index in [4.69, 9.17) is 5.73 Å². The van der Waals surface area contributed by atoms with Crippen molar-refractivity contribution in [2.45, 2.75) is 37.5 Å². The lowest BCUT2D eigenvalue weighted by Crippen LogP contribution is -2.54. The zero-order chi connectivity index (χ0) is 21.0. The van der Waals surface area contributed by atoms with Gasteiger partial charge < -0.3 is 21.2 Å². The highest BCUT2D eigenvalue weighted by molar-refractivity contribution is 5.94. The van der Waals surface area contributed by atoms with Gasteiger partial charge in [-0.1, -0.05) is 24.0 Å². The number of benzene rings is 2. The van der Waals surface area contributed by atoms with E-state index in [0.717, 1.165) is 24.0 Å². The van der Waals surface area contributed by atoms with Crippen molar-refractivity contribution in [2.75, 3.05) is 14.1 Å². The Morgan fingerprint density at radius 3 is 2.07 bits per heavy atom. The second-order valence-electron chi connectivity index (χ2n) is 7.61. The summed E-state index contributed by atoms with van der Waals surface area (Å²) in [6.45, 7) is 1.85. The molecule has 1 aliphatic carbocycles. The molecule has 0 spiro atoms. The van der Waals surface area contributed by atoms with Crippen LogP contribution in [0.3, 0.4) is 0 Å². The quantitative estimate of drug-likeness (QED) is 0.343. The van der Waals surface area contributed by atoms with Gasteiger partial charge in [-0.2, -0.15) is 5.48 Å². The lowest BCUT2D eigenvalue weighted by atomic mass is 10.0. The zero-order valence-corrected chi connectivity index (χ0v) is 17.1. The fourth-order valence-corrected chi connectivity index (χ4v) is 3.18. The van der Waals surface area contributed by atoms with Gasteiger partial charge in [0.25, 0.3) is 5.91 Å². The molecule has 29 heavy (non-hydrogen) atoms. The third-order valence-electron chi connectivity index (χ3n) is 5.60. The van der Waals surface area contributed by atoms with E-state index in [1.54, 1.807) is 31.1 Å². The molecule has 3 rings (SSSR count). The maximum absolute atomic E-state index is 12.7. The molecule has 2 aromatic carbocycles. The molecule has 2 aromatic rings. The number of likely N-dealkylation sites (N-methyl/N-ethyl adjacent to an activating group) is 2. The Morgan fingerprint density at radius 1 is 1.10 bits per heavy atom. The van der Waals surface area contributed by atoms with Crippen molar-refractivity contribution in [2.24, 2.45) is 5.73 Å². The summed E-state index contributed by atoms with van der Waals surface area (Å²) in [6.07, 6.45) is 1.67. The minimum atomic E-state index is -0.422. The molecule has 6 nitrogen and oxygen atoms in total. The average molecular weight is 393 g/mol. The number of carbonyl (C=O) groups is 1. The molecule has 5 N–H and O–H groups in total. The molecule has 0 saturated heterocycles. The first-order valence-electron chi connectivity index (χ1n) is 9.73. The van der Waals surface area contributed by atoms with Crippen molar-refractivity contribution in [3.8, 4) is 11.8 Å². The largest absolute Gasteiger partial charge is 0.336 e. The van der Waals surface area contributed by atoms with Crippen molar-refractivity contribution >= 4 is 5.91 Å². The van der Waals surface area contributed by atoms with Crippen LogP contribution in [0.1, 0.15) is 46.8 Å². The summed E-state index contributed by atoms with van der Waals surface area (Å²) in [4.78, 5) is 14.3. The molecule has 1 saturated carbocycles. The maximum atomic E-state index is 12.7. The van der Waals surface area contributed by atoms with Gasteiger partial charge in [0.15, 0.2) is 0 Å². The predicted molar refractivity (Wildman–Crippen MR) is 113 cm³/mol. The summed E-state index contributed by atoms with van der Waals surface area (Å²) in [7, 11) is 3.42. The summed E-state index contributed by atoms with van der Waals surface area (Å²) in [5.74, 6) is 6.15. The Kier molecular flexibility index (Phi) is 6.36. The molecule has 2 atom stereocenters. The van der Waals surface area contributed by atoms with Crippen LogP contribution in [0.5, 0.6) is 0 Å². The van der Waals surface area contributed by atoms with Gasteiger partial charge in [0.1, 0.15) is 6.17 Å². The minimum absolute atomic E-state index is 0.126. The lowest BCUT2D eigenvalue weighted by molar-refractivity contribution is 0.0493. The number of amides is 1. The molecule has 0 aromatic heterocycles. The first kappa shape index (κ1) is 21.0. The number of hydrogen-bond acceptors (Lipinski definition) is 5. The number of nitrogens with one attached hydrogen (secondary N) is 2. The van der Waals surface area contributed by atoms with Gasteiger partial charge in [-0.15, -0.1) is 0 Å². The number of hydroxylamine groups is 1. The topological polar surface area (TPSA) is 90.6 Å². The van der Waals surface area contributed by atoms with Crippen LogP contribution in [0.15, 0.2) is 48.5 Å². The van der Waals surface area contributed by atoms with Crippen molar-refractivity contribution in [3.05, 3.63) is 70.8 Å². The molecular formula is C23H28N4O2. The van der Waals surface area contributed by atoms with Crippen LogP contribution < -0.4 is 16.5 Å². The molecule has 1 fully saturated rings. The highest BCUT2D eigenvalue weighted by atomic mass is 16.5. The Balaban J connectivity index is 1.66. The first-order valence-corrected chi connectivity index (χ1v) is 9.73. The SMILES string of the molecule is CNC(NO)C(C)N(C)C(=O)c1ccc(C#Cc2ccc(C3(N)CC3)cc2)cc1. The molecule has 1 amide bonds. The molecule has 6 heteroatoms. The van der Waals surface area contributed by atoms with Gasteiger partial charge in [0.2, 0.25) is 0 Å². The maximum Gasteiger partial charge on any atom is 0.253 e. The molecule has 0 radical (unpaired) electrons. The average Bonchev–Trinajstić information content (AvgIpc) is 3.51. The van der Waals surface area contributed by atoms with E-state index in [-0.39, 0.29) is 17.5 Å². The van der Waals surface area contributed by atoms with Gasteiger partial charge in [-0.3, -0.25) is 4.79 Å². The molecule has 0 heterocycles. The molecule has 152 valence electrons. The third-order valence-corrected chi connectivity index (χ3v) is 5.60. The van der Waals surface area contributed by atoms with Crippen LogP contribution in [-0.4, -0.2) is 42.3 Å².